The highest BCUT2D eigenvalue weighted by Gasteiger charge is 2.31. The van der Waals surface area contributed by atoms with Gasteiger partial charge in [0.25, 0.3) is 0 Å². The van der Waals surface area contributed by atoms with E-state index in [9.17, 15) is 18.3 Å². The topological polar surface area (TPSA) is 120 Å². The van der Waals surface area contributed by atoms with Crippen molar-refractivity contribution in [3.05, 3.63) is 54.4 Å². The lowest BCUT2D eigenvalue weighted by atomic mass is 9.93. The molecule has 0 spiro atoms. The number of pyridine rings is 1. The Labute approximate surface area is 176 Å². The first-order valence-corrected chi connectivity index (χ1v) is 11.5. The van der Waals surface area contributed by atoms with Gasteiger partial charge in [-0.3, -0.25) is 9.78 Å². The van der Waals surface area contributed by atoms with Gasteiger partial charge in [0.15, 0.2) is 0 Å². The van der Waals surface area contributed by atoms with E-state index in [1.165, 1.54) is 36.7 Å². The summed E-state index contributed by atoms with van der Waals surface area (Å²) < 4.78 is 28.2. The summed E-state index contributed by atoms with van der Waals surface area (Å²) in [6.45, 7) is 1.20. The maximum Gasteiger partial charge on any atom is 0.242 e. The van der Waals surface area contributed by atoms with Crippen LogP contribution < -0.4 is 4.72 Å². The number of carbonyl (C=O) groups excluding carboxylic acids is 1. The molecular weight excluding hydrogens is 406 g/mol. The second-order valence-electron chi connectivity index (χ2n) is 7.51. The van der Waals surface area contributed by atoms with Crippen LogP contribution in [-0.2, 0) is 21.2 Å². The standard InChI is InChI=1S/C21H27N3O5S/c25-13-9-16-7-11-24(12-8-16)21(27)20(14-17-3-5-18(26)6-4-17)23-30(28,29)19-2-1-10-22-15-19/h1-6,10,15-16,20,23,25-26H,7-9,11-14H2/t20-/m0/s1. The van der Waals surface area contributed by atoms with E-state index in [1.54, 1.807) is 17.0 Å². The number of rotatable bonds is 8. The van der Waals surface area contributed by atoms with Gasteiger partial charge in [-0.25, -0.2) is 8.42 Å². The van der Waals surface area contributed by atoms with E-state index >= 15 is 0 Å². The maximum atomic E-state index is 13.2. The molecular formula is C21H27N3O5S. The molecule has 1 atom stereocenters. The van der Waals surface area contributed by atoms with Crippen molar-refractivity contribution >= 4 is 15.9 Å². The largest absolute Gasteiger partial charge is 0.508 e. The van der Waals surface area contributed by atoms with Gasteiger partial charge in [-0.05, 0) is 61.4 Å². The number of nitrogens with zero attached hydrogens (tertiary/aromatic N) is 2. The van der Waals surface area contributed by atoms with Gasteiger partial charge in [0.1, 0.15) is 16.7 Å². The van der Waals surface area contributed by atoms with Gasteiger partial charge in [-0.2, -0.15) is 4.72 Å². The van der Waals surface area contributed by atoms with Gasteiger partial charge < -0.3 is 15.1 Å². The predicted octanol–water partition coefficient (Wildman–Crippen LogP) is 1.30. The number of aliphatic hydroxyl groups is 1. The van der Waals surface area contributed by atoms with Crippen molar-refractivity contribution in [2.75, 3.05) is 19.7 Å². The lowest BCUT2D eigenvalue weighted by Gasteiger charge is -2.34. The molecule has 9 heteroatoms. The molecule has 1 aromatic heterocycles. The molecule has 30 heavy (non-hydrogen) atoms. The van der Waals surface area contributed by atoms with Crippen molar-refractivity contribution in [1.82, 2.24) is 14.6 Å². The molecule has 2 aromatic rings. The van der Waals surface area contributed by atoms with Crippen molar-refractivity contribution in [2.45, 2.75) is 36.6 Å². The van der Waals surface area contributed by atoms with Gasteiger partial charge in [0, 0.05) is 32.1 Å². The smallest absolute Gasteiger partial charge is 0.242 e. The molecule has 3 rings (SSSR count). The molecule has 8 nitrogen and oxygen atoms in total. The molecule has 2 heterocycles. The average molecular weight is 434 g/mol. The van der Waals surface area contributed by atoms with Crippen molar-refractivity contribution in [3.8, 4) is 5.75 Å². The average Bonchev–Trinajstić information content (AvgIpc) is 2.75. The van der Waals surface area contributed by atoms with Crippen molar-refractivity contribution in [3.63, 3.8) is 0 Å². The summed E-state index contributed by atoms with van der Waals surface area (Å²) in [6.07, 6.45) is 5.17. The van der Waals surface area contributed by atoms with E-state index in [1.807, 2.05) is 0 Å². The first kappa shape index (κ1) is 22.2. The van der Waals surface area contributed by atoms with Crippen LogP contribution >= 0.6 is 0 Å². The summed E-state index contributed by atoms with van der Waals surface area (Å²) >= 11 is 0. The number of hydrogen-bond acceptors (Lipinski definition) is 6. The van der Waals surface area contributed by atoms with Crippen LogP contribution in [0.25, 0.3) is 0 Å². The third kappa shape index (κ3) is 5.78. The Morgan fingerprint density at radius 3 is 2.50 bits per heavy atom. The number of carbonyl (C=O) groups is 1. The summed E-state index contributed by atoms with van der Waals surface area (Å²) in [5.74, 6) is 0.197. The number of sulfonamides is 1. The Kier molecular flexibility index (Phi) is 7.41. The van der Waals surface area contributed by atoms with Gasteiger partial charge in [-0.15, -0.1) is 0 Å². The Balaban J connectivity index is 1.78. The summed E-state index contributed by atoms with van der Waals surface area (Å²) in [4.78, 5) is 18.8. The van der Waals surface area contributed by atoms with Crippen molar-refractivity contribution in [2.24, 2.45) is 5.92 Å². The number of aromatic nitrogens is 1. The van der Waals surface area contributed by atoms with E-state index < -0.39 is 16.1 Å². The molecule has 3 N–H and O–H groups in total. The summed E-state index contributed by atoms with van der Waals surface area (Å²) in [5, 5.41) is 18.6. The fourth-order valence-corrected chi connectivity index (χ4v) is 4.81. The number of benzene rings is 1. The fourth-order valence-electron chi connectivity index (χ4n) is 3.65. The third-order valence-corrected chi connectivity index (χ3v) is 6.84. The van der Waals surface area contributed by atoms with Gasteiger partial charge in [0.05, 0.1) is 0 Å². The number of phenols is 1. The lowest BCUT2D eigenvalue weighted by Crippen LogP contribution is -2.51. The molecule has 0 saturated carbocycles. The summed E-state index contributed by atoms with van der Waals surface area (Å²) in [7, 11) is -3.93. The van der Waals surface area contributed by atoms with Crippen LogP contribution in [0.1, 0.15) is 24.8 Å². The van der Waals surface area contributed by atoms with Crippen LogP contribution in [-0.4, -0.2) is 60.2 Å². The molecule has 0 bridgehead atoms. The zero-order valence-corrected chi connectivity index (χ0v) is 17.5. The van der Waals surface area contributed by atoms with E-state index in [-0.39, 0.29) is 29.6 Å². The second-order valence-corrected chi connectivity index (χ2v) is 9.23. The van der Waals surface area contributed by atoms with Crippen LogP contribution in [0.15, 0.2) is 53.7 Å². The molecule has 0 radical (unpaired) electrons. The highest BCUT2D eigenvalue weighted by atomic mass is 32.2. The molecule has 1 amide bonds. The van der Waals surface area contributed by atoms with Crippen LogP contribution in [0.3, 0.4) is 0 Å². The van der Waals surface area contributed by atoms with E-state index in [0.717, 1.165) is 18.4 Å². The monoisotopic (exact) mass is 433 g/mol. The van der Waals surface area contributed by atoms with Gasteiger partial charge in [-0.1, -0.05) is 12.1 Å². The Bertz CT molecular complexity index is 927. The number of aromatic hydroxyl groups is 1. The Morgan fingerprint density at radius 2 is 1.90 bits per heavy atom. The number of nitrogens with one attached hydrogen (secondary N) is 1. The highest BCUT2D eigenvalue weighted by Crippen LogP contribution is 2.22. The molecule has 0 aliphatic carbocycles. The minimum absolute atomic E-state index is 0.00448. The Hall–Kier alpha value is -2.49. The predicted molar refractivity (Wildman–Crippen MR) is 111 cm³/mol. The van der Waals surface area contributed by atoms with Crippen LogP contribution in [0.2, 0.25) is 0 Å². The molecule has 1 fully saturated rings. The highest BCUT2D eigenvalue weighted by molar-refractivity contribution is 7.89. The normalized spacial score (nSPS) is 16.4. The molecule has 1 aliphatic rings. The zero-order chi connectivity index (χ0) is 21.6. The van der Waals surface area contributed by atoms with Gasteiger partial charge >= 0.3 is 0 Å². The molecule has 162 valence electrons. The minimum atomic E-state index is -3.93. The SMILES string of the molecule is O=C([C@H](Cc1ccc(O)cc1)NS(=O)(=O)c1cccnc1)N1CCC(CCO)CC1. The number of hydrogen-bond donors (Lipinski definition) is 3. The van der Waals surface area contributed by atoms with Crippen LogP contribution in [0, 0.1) is 5.92 Å². The molecule has 1 aromatic carbocycles. The van der Waals surface area contributed by atoms with Crippen LogP contribution in [0.4, 0.5) is 0 Å². The first-order chi connectivity index (χ1) is 14.4. The second kappa shape index (κ2) is 10.0. The van der Waals surface area contributed by atoms with Crippen LogP contribution in [0.5, 0.6) is 5.75 Å². The number of aliphatic hydroxyl groups excluding tert-OH is 1. The van der Waals surface area contributed by atoms with Crippen molar-refractivity contribution in [1.29, 1.82) is 0 Å². The van der Waals surface area contributed by atoms with E-state index in [2.05, 4.69) is 9.71 Å². The summed E-state index contributed by atoms with van der Waals surface area (Å²) in [6, 6.07) is 8.33. The van der Waals surface area contributed by atoms with Gasteiger partial charge in [0.2, 0.25) is 15.9 Å². The molecule has 0 unspecified atom stereocenters. The maximum absolute atomic E-state index is 13.2. The zero-order valence-electron chi connectivity index (χ0n) is 16.6. The first-order valence-electron chi connectivity index (χ1n) is 9.99. The third-order valence-electron chi connectivity index (χ3n) is 5.38. The molecule has 1 saturated heterocycles. The van der Waals surface area contributed by atoms with E-state index in [0.29, 0.717) is 25.4 Å². The summed E-state index contributed by atoms with van der Waals surface area (Å²) in [5.41, 5.74) is 0.732. The minimum Gasteiger partial charge on any atom is -0.508 e. The quantitative estimate of drug-likeness (QED) is 0.577. The fraction of sp³-hybridized carbons (Fsp3) is 0.429. The number of phenolic OH excluding ortho intramolecular Hbond substituents is 1. The van der Waals surface area contributed by atoms with E-state index in [4.69, 9.17) is 5.11 Å². The molecule has 1 aliphatic heterocycles. The van der Waals surface area contributed by atoms with Crippen molar-refractivity contribution < 1.29 is 23.4 Å². The number of likely N-dealkylation sites (tertiary alicyclic amines) is 1. The number of amides is 1. The number of piperidine rings is 1. The Morgan fingerprint density at radius 1 is 1.20 bits per heavy atom. The lowest BCUT2D eigenvalue weighted by molar-refractivity contribution is -0.134.